The van der Waals surface area contributed by atoms with Crippen LogP contribution in [0.4, 0.5) is 0 Å². The van der Waals surface area contributed by atoms with Gasteiger partial charge in [0.05, 0.1) is 5.92 Å². The fraction of sp³-hybridized carbons (Fsp3) is 0.214. The van der Waals surface area contributed by atoms with Crippen molar-refractivity contribution in [3.05, 3.63) is 58.0 Å². The Kier molecular flexibility index (Phi) is 5.13. The molecule has 0 aliphatic rings. The number of hydrogen-bond donors (Lipinski definition) is 3. The number of thioether (sulfide) groups is 1. The van der Waals surface area contributed by atoms with E-state index in [1.807, 2.05) is 30.3 Å². The molecule has 0 radical (unpaired) electrons. The lowest BCUT2D eigenvalue weighted by atomic mass is 10.0. The van der Waals surface area contributed by atoms with Gasteiger partial charge >= 0.3 is 0 Å². The molecule has 1 atom stereocenters. The Balaban J connectivity index is 2.16. The summed E-state index contributed by atoms with van der Waals surface area (Å²) in [4.78, 5) is 30.2. The number of hydrazine groups is 1. The SMILES string of the molecule is Cc1cc(=O)[nH]c(SCC(C(=O)NN)c2ccccc2)n1. The Hall–Kier alpha value is -2.12. The fourth-order valence-corrected chi connectivity index (χ4v) is 2.94. The Bertz CT molecular complexity index is 672. The van der Waals surface area contributed by atoms with Crippen LogP contribution < -0.4 is 16.8 Å². The Labute approximate surface area is 126 Å². The number of H-pyrrole nitrogens is 1. The molecule has 1 aromatic heterocycles. The molecule has 0 bridgehead atoms. The summed E-state index contributed by atoms with van der Waals surface area (Å²) < 4.78 is 0. The van der Waals surface area contributed by atoms with Crippen molar-refractivity contribution < 1.29 is 4.79 Å². The monoisotopic (exact) mass is 304 g/mol. The van der Waals surface area contributed by atoms with Crippen LogP contribution in [0.25, 0.3) is 0 Å². The quantitative estimate of drug-likeness (QED) is 0.251. The van der Waals surface area contributed by atoms with E-state index in [4.69, 9.17) is 5.84 Å². The molecule has 2 aromatic rings. The molecule has 110 valence electrons. The molecular formula is C14H16N4O2S. The molecule has 2 rings (SSSR count). The topological polar surface area (TPSA) is 101 Å². The normalized spacial score (nSPS) is 11.9. The Morgan fingerprint density at radius 3 is 2.76 bits per heavy atom. The second kappa shape index (κ2) is 7.05. The molecule has 7 heteroatoms. The zero-order valence-electron chi connectivity index (χ0n) is 11.5. The highest BCUT2D eigenvalue weighted by molar-refractivity contribution is 7.99. The van der Waals surface area contributed by atoms with E-state index in [0.717, 1.165) is 5.56 Å². The van der Waals surface area contributed by atoms with Crippen molar-refractivity contribution in [3.8, 4) is 0 Å². The van der Waals surface area contributed by atoms with Crippen molar-refractivity contribution in [2.45, 2.75) is 18.0 Å². The summed E-state index contributed by atoms with van der Waals surface area (Å²) >= 11 is 1.31. The number of aromatic nitrogens is 2. The number of rotatable bonds is 5. The molecule has 1 aromatic carbocycles. The molecule has 1 unspecified atom stereocenters. The van der Waals surface area contributed by atoms with E-state index in [9.17, 15) is 9.59 Å². The number of nitrogens with zero attached hydrogens (tertiary/aromatic N) is 1. The smallest absolute Gasteiger partial charge is 0.251 e. The second-order valence-corrected chi connectivity index (χ2v) is 5.48. The molecule has 1 amide bonds. The predicted molar refractivity (Wildman–Crippen MR) is 81.8 cm³/mol. The number of aryl methyl sites for hydroxylation is 1. The zero-order valence-corrected chi connectivity index (χ0v) is 12.3. The molecule has 0 saturated carbocycles. The number of nitrogens with two attached hydrogens (primary N) is 1. The lowest BCUT2D eigenvalue weighted by molar-refractivity contribution is -0.122. The van der Waals surface area contributed by atoms with E-state index in [0.29, 0.717) is 16.6 Å². The summed E-state index contributed by atoms with van der Waals surface area (Å²) in [7, 11) is 0. The number of nitrogens with one attached hydrogen (secondary N) is 2. The third-order valence-corrected chi connectivity index (χ3v) is 3.86. The molecule has 0 saturated heterocycles. The van der Waals surface area contributed by atoms with Crippen LogP contribution in [0.2, 0.25) is 0 Å². The van der Waals surface area contributed by atoms with Gasteiger partial charge in [0.1, 0.15) is 0 Å². The van der Waals surface area contributed by atoms with E-state index >= 15 is 0 Å². The van der Waals surface area contributed by atoms with Gasteiger partial charge in [-0.1, -0.05) is 42.1 Å². The summed E-state index contributed by atoms with van der Waals surface area (Å²) in [6, 6.07) is 10.8. The maximum absolute atomic E-state index is 11.9. The van der Waals surface area contributed by atoms with Gasteiger partial charge in [-0.3, -0.25) is 15.0 Å². The fourth-order valence-electron chi connectivity index (χ4n) is 1.89. The van der Waals surface area contributed by atoms with Crippen molar-refractivity contribution in [2.75, 3.05) is 5.75 Å². The van der Waals surface area contributed by atoms with Crippen LogP contribution in [0.5, 0.6) is 0 Å². The molecular weight excluding hydrogens is 288 g/mol. The first-order valence-corrected chi connectivity index (χ1v) is 7.35. The van der Waals surface area contributed by atoms with E-state index in [1.165, 1.54) is 17.8 Å². The minimum absolute atomic E-state index is 0.204. The number of carbonyl (C=O) groups is 1. The van der Waals surface area contributed by atoms with Crippen LogP contribution in [0.3, 0.4) is 0 Å². The maximum atomic E-state index is 11.9. The molecule has 21 heavy (non-hydrogen) atoms. The molecule has 0 aliphatic carbocycles. The molecule has 0 spiro atoms. The van der Waals surface area contributed by atoms with Crippen LogP contribution >= 0.6 is 11.8 Å². The molecule has 4 N–H and O–H groups in total. The van der Waals surface area contributed by atoms with Crippen LogP contribution in [-0.4, -0.2) is 21.6 Å². The van der Waals surface area contributed by atoms with Crippen molar-refractivity contribution >= 4 is 17.7 Å². The van der Waals surface area contributed by atoms with Crippen molar-refractivity contribution in [1.82, 2.24) is 15.4 Å². The number of amides is 1. The highest BCUT2D eigenvalue weighted by atomic mass is 32.2. The first kappa shape index (κ1) is 15.3. The van der Waals surface area contributed by atoms with Gasteiger partial charge in [0.2, 0.25) is 5.91 Å². The summed E-state index contributed by atoms with van der Waals surface area (Å²) in [5, 5.41) is 0.491. The molecule has 0 aliphatic heterocycles. The van der Waals surface area contributed by atoms with Crippen LogP contribution in [0, 0.1) is 6.92 Å². The molecule has 0 fully saturated rings. The average Bonchev–Trinajstić information content (AvgIpc) is 2.47. The van der Waals surface area contributed by atoms with Crippen molar-refractivity contribution in [3.63, 3.8) is 0 Å². The van der Waals surface area contributed by atoms with Gasteiger partial charge < -0.3 is 4.98 Å². The first-order valence-electron chi connectivity index (χ1n) is 6.36. The maximum Gasteiger partial charge on any atom is 0.251 e. The van der Waals surface area contributed by atoms with E-state index < -0.39 is 5.92 Å². The van der Waals surface area contributed by atoms with Gasteiger partial charge in [0.25, 0.3) is 5.56 Å². The van der Waals surface area contributed by atoms with E-state index in [2.05, 4.69) is 15.4 Å². The summed E-state index contributed by atoms with van der Waals surface area (Å²) in [5.41, 5.74) is 3.48. The third kappa shape index (κ3) is 4.17. The highest BCUT2D eigenvalue weighted by Crippen LogP contribution is 2.24. The highest BCUT2D eigenvalue weighted by Gasteiger charge is 2.20. The van der Waals surface area contributed by atoms with Gasteiger partial charge in [-0.15, -0.1) is 0 Å². The van der Waals surface area contributed by atoms with Crippen LogP contribution in [0.15, 0.2) is 46.3 Å². The summed E-state index contributed by atoms with van der Waals surface area (Å²) in [6.07, 6.45) is 0. The van der Waals surface area contributed by atoms with E-state index in [-0.39, 0.29) is 11.5 Å². The lowest BCUT2D eigenvalue weighted by Gasteiger charge is -2.14. The van der Waals surface area contributed by atoms with Crippen molar-refractivity contribution in [2.24, 2.45) is 5.84 Å². The van der Waals surface area contributed by atoms with E-state index in [1.54, 1.807) is 6.92 Å². The number of carbonyl (C=O) groups excluding carboxylic acids is 1. The van der Waals surface area contributed by atoms with Gasteiger partial charge in [-0.25, -0.2) is 10.8 Å². The lowest BCUT2D eigenvalue weighted by Crippen LogP contribution is -2.35. The molecule has 1 heterocycles. The standard InChI is InChI=1S/C14H16N4O2S/c1-9-7-12(19)17-14(16-9)21-8-11(13(20)18-15)10-5-3-2-4-6-10/h2-7,11H,8,15H2,1H3,(H,18,20)(H,16,17,19). The average molecular weight is 304 g/mol. The number of hydrogen-bond acceptors (Lipinski definition) is 5. The molecule has 6 nitrogen and oxygen atoms in total. The van der Waals surface area contributed by atoms with Gasteiger partial charge in [-0.2, -0.15) is 0 Å². The van der Waals surface area contributed by atoms with Crippen molar-refractivity contribution in [1.29, 1.82) is 0 Å². The Morgan fingerprint density at radius 2 is 2.14 bits per heavy atom. The van der Waals surface area contributed by atoms with Gasteiger partial charge in [-0.05, 0) is 12.5 Å². The first-order chi connectivity index (χ1) is 10.1. The van der Waals surface area contributed by atoms with Crippen LogP contribution in [0.1, 0.15) is 17.2 Å². The summed E-state index contributed by atoms with van der Waals surface area (Å²) in [5.74, 6) is 4.99. The largest absolute Gasteiger partial charge is 0.301 e. The third-order valence-electron chi connectivity index (χ3n) is 2.90. The minimum Gasteiger partial charge on any atom is -0.301 e. The van der Waals surface area contributed by atoms with Gasteiger partial charge in [0.15, 0.2) is 5.16 Å². The van der Waals surface area contributed by atoms with Crippen LogP contribution in [-0.2, 0) is 4.79 Å². The van der Waals surface area contributed by atoms with Gasteiger partial charge in [0, 0.05) is 17.5 Å². The summed E-state index contributed by atoms with van der Waals surface area (Å²) in [6.45, 7) is 1.75. The number of aromatic amines is 1. The zero-order chi connectivity index (χ0) is 15.2. The minimum atomic E-state index is -0.410. The Morgan fingerprint density at radius 1 is 1.43 bits per heavy atom. The number of benzene rings is 1. The predicted octanol–water partition coefficient (Wildman–Crippen LogP) is 0.944. The second-order valence-electron chi connectivity index (χ2n) is 4.47.